The summed E-state index contributed by atoms with van der Waals surface area (Å²) in [5.41, 5.74) is 13.8. The Hall–Kier alpha value is -3.13. The minimum absolute atomic E-state index is 0.914. The summed E-state index contributed by atoms with van der Waals surface area (Å²) in [4.78, 5) is 0. The standard InChI is InChI=1S/C14H15N.C8H11N.C6H4Br/c1-11-7-6-8-12(2)14(11)15-13-9-4-3-5-10-13;1-6-4-3-5-7(2)8(6)9;7-6-4-2-1-3-5-6/h3-10,15H,1-2H3;3-5H,9H2,1-2H3;1-4H/q;;+1. The summed E-state index contributed by atoms with van der Waals surface area (Å²) in [6.45, 7) is 8.28. The quantitative estimate of drug-likeness (QED) is 0.291. The van der Waals surface area contributed by atoms with Crippen molar-refractivity contribution < 1.29 is 0 Å². The zero-order valence-corrected chi connectivity index (χ0v) is 20.2. The summed E-state index contributed by atoms with van der Waals surface area (Å²) >= 11 is 3.26. The van der Waals surface area contributed by atoms with Gasteiger partial charge in [-0.25, -0.2) is 0 Å². The molecule has 0 radical (unpaired) electrons. The van der Waals surface area contributed by atoms with Crippen LogP contribution in [0.3, 0.4) is 0 Å². The second-order valence-corrected chi connectivity index (χ2v) is 8.13. The fourth-order valence-corrected chi connectivity index (χ4v) is 3.16. The van der Waals surface area contributed by atoms with Crippen molar-refractivity contribution in [2.45, 2.75) is 27.7 Å². The minimum atomic E-state index is 0.914. The number of benzene rings is 3. The van der Waals surface area contributed by atoms with Gasteiger partial charge in [0.2, 0.25) is 0 Å². The van der Waals surface area contributed by atoms with Crippen molar-refractivity contribution in [3.05, 3.63) is 124 Å². The molecule has 0 fully saturated rings. The molecule has 4 rings (SSSR count). The summed E-state index contributed by atoms with van der Waals surface area (Å²) in [6.07, 6.45) is 10.7. The van der Waals surface area contributed by atoms with Crippen LogP contribution in [0.2, 0.25) is 0 Å². The number of para-hydroxylation sites is 3. The SMILES string of the molecule is BrC1=CC=CC=[C+]1.Cc1cccc(C)c1N.Cc1cccc(C)c1Nc1ccccc1. The summed E-state index contributed by atoms with van der Waals surface area (Å²) in [7, 11) is 0. The molecule has 0 heterocycles. The zero-order chi connectivity index (χ0) is 22.6. The van der Waals surface area contributed by atoms with Crippen LogP contribution in [-0.4, -0.2) is 0 Å². The van der Waals surface area contributed by atoms with Crippen LogP contribution in [0.25, 0.3) is 0 Å². The van der Waals surface area contributed by atoms with Gasteiger partial charge in [-0.3, -0.25) is 0 Å². The highest BCUT2D eigenvalue weighted by atomic mass is 79.9. The van der Waals surface area contributed by atoms with E-state index in [0.717, 1.165) is 27.0 Å². The Morgan fingerprint density at radius 1 is 0.710 bits per heavy atom. The predicted octanol–water partition coefficient (Wildman–Crippen LogP) is 8.13. The second kappa shape index (κ2) is 12.5. The molecule has 31 heavy (non-hydrogen) atoms. The van der Waals surface area contributed by atoms with Crippen molar-refractivity contribution in [3.63, 3.8) is 0 Å². The third-order valence-electron chi connectivity index (χ3n) is 4.74. The number of hydrogen-bond acceptors (Lipinski definition) is 2. The molecule has 0 atom stereocenters. The zero-order valence-electron chi connectivity index (χ0n) is 18.6. The number of nitrogens with one attached hydrogen (secondary N) is 1. The van der Waals surface area contributed by atoms with E-state index in [1.165, 1.54) is 16.8 Å². The third kappa shape index (κ3) is 8.25. The van der Waals surface area contributed by atoms with Gasteiger partial charge in [-0.2, -0.15) is 0 Å². The topological polar surface area (TPSA) is 38.0 Å². The lowest BCUT2D eigenvalue weighted by molar-refractivity contribution is 1.36. The van der Waals surface area contributed by atoms with E-state index in [1.54, 1.807) is 0 Å². The Labute approximate surface area is 195 Å². The van der Waals surface area contributed by atoms with E-state index in [2.05, 4.69) is 71.5 Å². The maximum Gasteiger partial charge on any atom is 0.180 e. The molecule has 0 amide bonds. The molecule has 0 aliphatic heterocycles. The van der Waals surface area contributed by atoms with Crippen molar-refractivity contribution in [2.75, 3.05) is 11.1 Å². The Morgan fingerprint density at radius 2 is 1.26 bits per heavy atom. The molecule has 3 aromatic carbocycles. The van der Waals surface area contributed by atoms with E-state index < -0.39 is 0 Å². The molecule has 0 saturated heterocycles. The number of halogens is 1. The summed E-state index contributed by atoms with van der Waals surface area (Å²) in [6, 6.07) is 22.6. The Morgan fingerprint density at radius 3 is 1.68 bits per heavy atom. The van der Waals surface area contributed by atoms with Crippen LogP contribution in [0.1, 0.15) is 22.3 Å². The van der Waals surface area contributed by atoms with Gasteiger partial charge in [0.1, 0.15) is 6.08 Å². The van der Waals surface area contributed by atoms with E-state index in [1.807, 2.05) is 74.5 Å². The number of anilines is 3. The number of aryl methyl sites for hydroxylation is 4. The Bertz CT molecular complexity index is 1020. The van der Waals surface area contributed by atoms with Crippen LogP contribution in [-0.2, 0) is 0 Å². The second-order valence-electron chi connectivity index (χ2n) is 7.27. The first-order valence-electron chi connectivity index (χ1n) is 10.2. The maximum absolute atomic E-state index is 5.68. The van der Waals surface area contributed by atoms with Gasteiger partial charge < -0.3 is 11.1 Å². The van der Waals surface area contributed by atoms with Gasteiger partial charge in [0.25, 0.3) is 0 Å². The maximum atomic E-state index is 5.68. The summed E-state index contributed by atoms with van der Waals surface area (Å²) in [5.74, 6) is 0. The Balaban J connectivity index is 0.000000181. The van der Waals surface area contributed by atoms with E-state index >= 15 is 0 Å². The van der Waals surface area contributed by atoms with Crippen LogP contribution < -0.4 is 11.1 Å². The summed E-state index contributed by atoms with van der Waals surface area (Å²) < 4.78 is 1.01. The van der Waals surface area contributed by atoms with E-state index in [4.69, 9.17) is 5.73 Å². The van der Waals surface area contributed by atoms with Gasteiger partial charge in [-0.15, -0.1) is 0 Å². The molecule has 1 aliphatic carbocycles. The van der Waals surface area contributed by atoms with Crippen LogP contribution in [0, 0.1) is 33.8 Å². The van der Waals surface area contributed by atoms with Gasteiger partial charge in [0.15, 0.2) is 4.48 Å². The third-order valence-corrected chi connectivity index (χ3v) is 5.23. The van der Waals surface area contributed by atoms with Crippen molar-refractivity contribution in [3.8, 4) is 0 Å². The first-order chi connectivity index (χ1) is 14.9. The monoisotopic (exact) mass is 473 g/mol. The number of allylic oxidation sites excluding steroid dienone is 6. The number of nitrogens with two attached hydrogens (primary N) is 1. The minimum Gasteiger partial charge on any atom is -0.398 e. The number of hydrogen-bond donors (Lipinski definition) is 2. The van der Waals surface area contributed by atoms with E-state index in [0.29, 0.717) is 0 Å². The van der Waals surface area contributed by atoms with E-state index in [9.17, 15) is 0 Å². The molecule has 158 valence electrons. The van der Waals surface area contributed by atoms with Gasteiger partial charge in [-0.05, 0) is 78.0 Å². The molecule has 3 N–H and O–H groups in total. The average Bonchev–Trinajstić information content (AvgIpc) is 2.77. The number of nitrogen functional groups attached to an aromatic ring is 1. The van der Waals surface area contributed by atoms with Crippen molar-refractivity contribution >= 4 is 33.0 Å². The lowest BCUT2D eigenvalue weighted by atomic mass is 10.1. The molecule has 1 aliphatic rings. The van der Waals surface area contributed by atoms with Crippen molar-refractivity contribution in [1.29, 1.82) is 0 Å². The summed E-state index contributed by atoms with van der Waals surface area (Å²) in [5, 5.41) is 3.44. The fourth-order valence-electron chi connectivity index (χ4n) is 2.88. The van der Waals surface area contributed by atoms with Crippen molar-refractivity contribution in [2.24, 2.45) is 0 Å². The smallest absolute Gasteiger partial charge is 0.180 e. The van der Waals surface area contributed by atoms with Crippen molar-refractivity contribution in [1.82, 2.24) is 0 Å². The molecular weight excluding hydrogens is 444 g/mol. The van der Waals surface area contributed by atoms with Gasteiger partial charge in [0.05, 0.1) is 18.2 Å². The largest absolute Gasteiger partial charge is 0.398 e. The Kier molecular flexibility index (Phi) is 9.77. The molecule has 0 bridgehead atoms. The molecule has 3 aromatic rings. The highest BCUT2D eigenvalue weighted by Gasteiger charge is 2.01. The lowest BCUT2D eigenvalue weighted by Gasteiger charge is -2.12. The molecule has 0 aromatic heterocycles. The molecule has 0 unspecified atom stereocenters. The highest BCUT2D eigenvalue weighted by Crippen LogP contribution is 2.23. The molecular formula is C28H30BrN2+. The van der Waals surface area contributed by atoms with Gasteiger partial charge in [-0.1, -0.05) is 54.6 Å². The molecule has 0 spiro atoms. The molecule has 2 nitrogen and oxygen atoms in total. The lowest BCUT2D eigenvalue weighted by Crippen LogP contribution is -1.95. The van der Waals surface area contributed by atoms with E-state index in [-0.39, 0.29) is 0 Å². The highest BCUT2D eigenvalue weighted by molar-refractivity contribution is 9.11. The van der Waals surface area contributed by atoms with Crippen LogP contribution in [0.15, 0.2) is 95.5 Å². The average molecular weight is 474 g/mol. The first kappa shape index (κ1) is 24.1. The van der Waals surface area contributed by atoms with Crippen LogP contribution in [0.5, 0.6) is 0 Å². The molecule has 0 saturated carbocycles. The fraction of sp³-hybridized carbons (Fsp3) is 0.143. The molecule has 3 heteroatoms. The number of rotatable bonds is 2. The van der Waals surface area contributed by atoms with Gasteiger partial charge in [0, 0.05) is 23.1 Å². The van der Waals surface area contributed by atoms with Crippen LogP contribution in [0.4, 0.5) is 17.1 Å². The predicted molar refractivity (Wildman–Crippen MR) is 140 cm³/mol. The first-order valence-corrected chi connectivity index (χ1v) is 11.0. The van der Waals surface area contributed by atoms with Crippen LogP contribution >= 0.6 is 15.9 Å². The van der Waals surface area contributed by atoms with Gasteiger partial charge >= 0.3 is 0 Å². The normalized spacial score (nSPS) is 11.2.